The van der Waals surface area contributed by atoms with E-state index in [2.05, 4.69) is 35.8 Å². The largest absolute Gasteiger partial charge is 0.375 e. The van der Waals surface area contributed by atoms with Crippen LogP contribution in [-0.2, 0) is 4.74 Å². The van der Waals surface area contributed by atoms with Crippen molar-refractivity contribution in [1.29, 1.82) is 0 Å². The fourth-order valence-corrected chi connectivity index (χ4v) is 4.52. The molecule has 4 heteroatoms. The zero-order valence-corrected chi connectivity index (χ0v) is 13.2. The lowest BCUT2D eigenvalue weighted by molar-refractivity contribution is -0.0831. The van der Waals surface area contributed by atoms with Crippen LogP contribution in [-0.4, -0.2) is 36.6 Å². The molecule has 1 aliphatic heterocycles. The molecule has 1 heterocycles. The van der Waals surface area contributed by atoms with Crippen molar-refractivity contribution in [2.24, 2.45) is 0 Å². The van der Waals surface area contributed by atoms with Gasteiger partial charge < -0.3 is 10.1 Å². The van der Waals surface area contributed by atoms with E-state index in [0.29, 0.717) is 3.42 Å². The van der Waals surface area contributed by atoms with E-state index < -0.39 is 0 Å². The van der Waals surface area contributed by atoms with Crippen LogP contribution in [0.25, 0.3) is 0 Å². The van der Waals surface area contributed by atoms with Crippen LogP contribution in [0.5, 0.6) is 0 Å². The molecule has 0 radical (unpaired) electrons. The second kappa shape index (κ2) is 6.24. The van der Waals surface area contributed by atoms with Crippen molar-refractivity contribution >= 4 is 30.4 Å². The van der Waals surface area contributed by atoms with Crippen LogP contribution >= 0.6 is 22.6 Å². The van der Waals surface area contributed by atoms with E-state index in [1.54, 1.807) is 0 Å². The Bertz CT molecular complexity index is 246. The quantitative estimate of drug-likeness (QED) is 0.356. The average Bonchev–Trinajstić information content (AvgIpc) is 2.72. The van der Waals surface area contributed by atoms with E-state index in [-0.39, 0.29) is 5.60 Å². The van der Waals surface area contributed by atoms with E-state index in [1.807, 2.05) is 0 Å². The zero-order chi connectivity index (χ0) is 12.2. The lowest BCUT2D eigenvalue weighted by Gasteiger charge is -2.43. The summed E-state index contributed by atoms with van der Waals surface area (Å²) in [5, 5.41) is 3.54. The van der Waals surface area contributed by atoms with Gasteiger partial charge >= 0.3 is 0 Å². The van der Waals surface area contributed by atoms with Crippen molar-refractivity contribution in [3.63, 3.8) is 0 Å². The molecule has 1 saturated heterocycles. The number of halogens is 1. The van der Waals surface area contributed by atoms with Crippen LogP contribution in [0.3, 0.4) is 0 Å². The van der Waals surface area contributed by atoms with Gasteiger partial charge in [-0.1, -0.05) is 41.8 Å². The van der Waals surface area contributed by atoms with Crippen molar-refractivity contribution < 1.29 is 4.74 Å². The first-order valence-corrected chi connectivity index (χ1v) is 8.30. The Hall–Kier alpha value is 0.715. The highest BCUT2D eigenvalue weighted by atomic mass is 127. The molecule has 2 fully saturated rings. The molecular weight excluding hydrogens is 324 g/mol. The van der Waals surface area contributed by atoms with Crippen molar-refractivity contribution in [3.8, 4) is 0 Å². The Balaban J connectivity index is 1.82. The molecule has 0 bridgehead atoms. The molecule has 1 aliphatic carbocycles. The number of rotatable bonds is 5. The van der Waals surface area contributed by atoms with Gasteiger partial charge in [-0.25, -0.2) is 0 Å². The number of hydrogen-bond acceptors (Lipinski definition) is 2. The van der Waals surface area contributed by atoms with Crippen LogP contribution in [0.2, 0.25) is 6.32 Å². The predicted octanol–water partition coefficient (Wildman–Crippen LogP) is 2.31. The molecule has 1 N–H and O–H groups in total. The zero-order valence-electron chi connectivity index (χ0n) is 11.1. The standard InChI is InChI=1S/C13H25BINO/c14-7-9-16-8-5-12(15)6-10-17-13(11-12)3-1-2-4-13/h16H,1-11,14H2/t12-/m1/s1. The fraction of sp³-hybridized carbons (Fsp3) is 1.00. The van der Waals surface area contributed by atoms with Gasteiger partial charge in [0.15, 0.2) is 0 Å². The van der Waals surface area contributed by atoms with E-state index in [4.69, 9.17) is 4.74 Å². The number of alkyl halides is 1. The average molecular weight is 349 g/mol. The SMILES string of the molecule is BCCNCC[C@@]1(I)CCOC2(CCCC2)C1. The molecule has 0 aromatic heterocycles. The van der Waals surface area contributed by atoms with Crippen LogP contribution < -0.4 is 5.32 Å². The van der Waals surface area contributed by atoms with Crippen LogP contribution in [0.15, 0.2) is 0 Å². The first-order chi connectivity index (χ1) is 8.18. The Morgan fingerprint density at radius 1 is 1.18 bits per heavy atom. The lowest BCUT2D eigenvalue weighted by Crippen LogP contribution is -2.45. The summed E-state index contributed by atoms with van der Waals surface area (Å²) in [5.41, 5.74) is 0.268. The molecule has 0 amide bonds. The first kappa shape index (κ1) is 14.1. The number of nitrogens with one attached hydrogen (secondary N) is 1. The number of hydrogen-bond donors (Lipinski definition) is 1. The summed E-state index contributed by atoms with van der Waals surface area (Å²) in [7, 11) is 2.23. The summed E-state index contributed by atoms with van der Waals surface area (Å²) in [6.07, 6.45) is 10.4. The highest BCUT2D eigenvalue weighted by Crippen LogP contribution is 2.48. The second-order valence-electron chi connectivity index (χ2n) is 5.82. The van der Waals surface area contributed by atoms with E-state index in [9.17, 15) is 0 Å². The maximum atomic E-state index is 6.12. The highest BCUT2D eigenvalue weighted by molar-refractivity contribution is 14.1. The summed E-state index contributed by atoms with van der Waals surface area (Å²) in [6, 6.07) is 0. The predicted molar refractivity (Wildman–Crippen MR) is 84.0 cm³/mol. The van der Waals surface area contributed by atoms with E-state index in [0.717, 1.165) is 13.2 Å². The normalized spacial score (nSPS) is 32.1. The summed E-state index contributed by atoms with van der Waals surface area (Å²) in [6.45, 7) is 3.32. The fourth-order valence-electron chi connectivity index (χ4n) is 3.34. The Labute approximate surface area is 120 Å². The van der Waals surface area contributed by atoms with Gasteiger partial charge in [0.25, 0.3) is 0 Å². The smallest absolute Gasteiger partial charge is 0.102 e. The van der Waals surface area contributed by atoms with Gasteiger partial charge in [-0.2, -0.15) is 0 Å². The molecule has 0 aromatic rings. The monoisotopic (exact) mass is 349 g/mol. The third-order valence-corrected chi connectivity index (χ3v) is 5.75. The Kier molecular flexibility index (Phi) is 5.19. The summed E-state index contributed by atoms with van der Waals surface area (Å²) < 4.78 is 6.61. The van der Waals surface area contributed by atoms with Crippen LogP contribution in [0.1, 0.15) is 44.9 Å². The third kappa shape index (κ3) is 3.84. The second-order valence-corrected chi connectivity index (χ2v) is 8.10. The van der Waals surface area contributed by atoms with Gasteiger partial charge in [0.1, 0.15) is 7.85 Å². The van der Waals surface area contributed by atoms with Gasteiger partial charge in [-0.05, 0) is 45.2 Å². The maximum absolute atomic E-state index is 6.12. The van der Waals surface area contributed by atoms with Gasteiger partial charge in [0, 0.05) is 10.0 Å². The molecule has 17 heavy (non-hydrogen) atoms. The van der Waals surface area contributed by atoms with Gasteiger partial charge in [0.2, 0.25) is 0 Å². The molecule has 0 unspecified atom stereocenters. The van der Waals surface area contributed by atoms with E-state index in [1.165, 1.54) is 57.8 Å². The van der Waals surface area contributed by atoms with Crippen molar-refractivity contribution in [1.82, 2.24) is 5.32 Å². The molecule has 2 aliphatic rings. The molecule has 1 saturated carbocycles. The maximum Gasteiger partial charge on any atom is 0.102 e. The first-order valence-electron chi connectivity index (χ1n) is 7.22. The lowest BCUT2D eigenvalue weighted by atomic mass is 9.83. The van der Waals surface area contributed by atoms with Gasteiger partial charge in [-0.15, -0.1) is 0 Å². The van der Waals surface area contributed by atoms with Gasteiger partial charge in [-0.3, -0.25) is 0 Å². The van der Waals surface area contributed by atoms with Crippen molar-refractivity contribution in [2.75, 3.05) is 19.7 Å². The number of ether oxygens (including phenoxy) is 1. The van der Waals surface area contributed by atoms with Crippen molar-refractivity contribution in [2.45, 2.75) is 60.3 Å². The third-order valence-electron chi connectivity index (χ3n) is 4.29. The minimum atomic E-state index is 0.268. The van der Waals surface area contributed by atoms with Crippen molar-refractivity contribution in [3.05, 3.63) is 0 Å². The Morgan fingerprint density at radius 3 is 2.65 bits per heavy atom. The molecule has 98 valence electrons. The minimum absolute atomic E-state index is 0.268. The molecule has 2 nitrogen and oxygen atoms in total. The summed E-state index contributed by atoms with van der Waals surface area (Å²) in [4.78, 5) is 0. The van der Waals surface area contributed by atoms with E-state index >= 15 is 0 Å². The van der Waals surface area contributed by atoms with Crippen LogP contribution in [0, 0.1) is 0 Å². The summed E-state index contributed by atoms with van der Waals surface area (Å²) >= 11 is 2.72. The molecular formula is C13H25BINO. The van der Waals surface area contributed by atoms with Gasteiger partial charge in [0.05, 0.1) is 5.60 Å². The minimum Gasteiger partial charge on any atom is -0.375 e. The molecule has 0 aromatic carbocycles. The highest BCUT2D eigenvalue weighted by Gasteiger charge is 2.45. The topological polar surface area (TPSA) is 21.3 Å². The summed E-state index contributed by atoms with van der Waals surface area (Å²) in [5.74, 6) is 0. The molecule has 1 spiro atoms. The molecule has 1 atom stereocenters. The molecule has 2 rings (SSSR count). The van der Waals surface area contributed by atoms with Crippen LogP contribution in [0.4, 0.5) is 0 Å². The Morgan fingerprint density at radius 2 is 1.94 bits per heavy atom.